The molecule has 1 rings (SSSR count). The molecule has 4 nitrogen and oxygen atoms in total. The fourth-order valence-corrected chi connectivity index (χ4v) is 1.14. The number of hydrogen-bond acceptors (Lipinski definition) is 5. The Labute approximate surface area is 66.6 Å². The van der Waals surface area contributed by atoms with Crippen LogP contribution in [0, 0.1) is 11.3 Å². The quantitative estimate of drug-likeness (QED) is 0.602. The van der Waals surface area contributed by atoms with Crippen LogP contribution in [0.5, 0.6) is 0 Å². The average Bonchev–Trinajstić information content (AvgIpc) is 2.33. The first kappa shape index (κ1) is 7.05. The van der Waals surface area contributed by atoms with E-state index in [-0.39, 0.29) is 10.7 Å². The van der Waals surface area contributed by atoms with E-state index in [1.807, 2.05) is 6.07 Å². The second-order valence-electron chi connectivity index (χ2n) is 1.44. The molecule has 0 aliphatic rings. The third kappa shape index (κ3) is 1.10. The van der Waals surface area contributed by atoms with Gasteiger partial charge in [0.25, 0.3) is 0 Å². The number of nitrogens with two attached hydrogens (primary N) is 1. The summed E-state index contributed by atoms with van der Waals surface area (Å²) in [4.78, 5) is 0.116. The lowest BCUT2D eigenvalue weighted by molar-refractivity contribution is 1.37. The largest absolute Gasteiger partial charge is 0.388 e. The van der Waals surface area contributed by atoms with Gasteiger partial charge in [0.2, 0.25) is 0 Å². The van der Waals surface area contributed by atoms with Gasteiger partial charge in [-0.15, -0.1) is 0 Å². The van der Waals surface area contributed by atoms with Gasteiger partial charge in [-0.1, -0.05) is 12.2 Å². The molecule has 0 radical (unpaired) electrons. The lowest BCUT2D eigenvalue weighted by atomic mass is 10.3. The number of aromatic nitrogens is 2. The number of hydrogen-bond donors (Lipinski definition) is 1. The highest BCUT2D eigenvalue weighted by Gasteiger charge is 2.08. The maximum Gasteiger partial charge on any atom is 0.184 e. The first-order valence-corrected chi connectivity index (χ1v) is 3.42. The number of rotatable bonds is 1. The van der Waals surface area contributed by atoms with E-state index in [1.165, 1.54) is 0 Å². The Morgan fingerprint density at radius 1 is 1.70 bits per heavy atom. The van der Waals surface area contributed by atoms with Crippen molar-refractivity contribution in [2.45, 2.75) is 0 Å². The molecule has 2 N–H and O–H groups in total. The van der Waals surface area contributed by atoms with Crippen LogP contribution < -0.4 is 5.73 Å². The van der Waals surface area contributed by atoms with Crippen LogP contribution in [0.3, 0.4) is 0 Å². The lowest BCUT2D eigenvalue weighted by Gasteiger charge is -1.85. The van der Waals surface area contributed by atoms with Gasteiger partial charge in [-0.2, -0.15) is 14.0 Å². The van der Waals surface area contributed by atoms with E-state index in [1.54, 1.807) is 0 Å². The summed E-state index contributed by atoms with van der Waals surface area (Å²) in [6.45, 7) is 0. The second kappa shape index (κ2) is 2.68. The Balaban J connectivity index is 3.17. The molecular formula is C4H2N4S2. The van der Waals surface area contributed by atoms with Gasteiger partial charge in [0.05, 0.1) is 11.7 Å². The predicted molar refractivity (Wildman–Crippen MR) is 40.5 cm³/mol. The Bertz CT molecular complexity index is 296. The van der Waals surface area contributed by atoms with Crippen LogP contribution in [0.4, 0.5) is 0 Å². The van der Waals surface area contributed by atoms with Crippen molar-refractivity contribution in [2.75, 3.05) is 0 Å². The monoisotopic (exact) mass is 170 g/mol. The molecule has 1 aromatic rings. The highest BCUT2D eigenvalue weighted by Crippen LogP contribution is 2.02. The fourth-order valence-electron chi connectivity index (χ4n) is 0.424. The summed E-state index contributed by atoms with van der Waals surface area (Å²) in [7, 11) is 0. The Kier molecular flexibility index (Phi) is 1.89. The molecule has 1 heterocycles. The molecule has 6 heteroatoms. The Morgan fingerprint density at radius 3 is 2.80 bits per heavy atom. The summed E-state index contributed by atoms with van der Waals surface area (Å²) in [5.41, 5.74) is 5.75. The number of thiocarbonyl (C=S) groups is 1. The van der Waals surface area contributed by atoms with E-state index in [4.69, 9.17) is 11.0 Å². The summed E-state index contributed by atoms with van der Waals surface area (Å²) in [5.74, 6) is 0. The van der Waals surface area contributed by atoms with Gasteiger partial charge in [-0.05, 0) is 0 Å². The fraction of sp³-hybridized carbons (Fsp3) is 0. The van der Waals surface area contributed by atoms with E-state index in [0.29, 0.717) is 5.69 Å². The van der Waals surface area contributed by atoms with Gasteiger partial charge in [-0.25, -0.2) is 0 Å². The molecule has 0 bridgehead atoms. The molecule has 0 fully saturated rings. The van der Waals surface area contributed by atoms with Crippen LogP contribution >= 0.6 is 23.9 Å². The van der Waals surface area contributed by atoms with Crippen molar-refractivity contribution < 1.29 is 0 Å². The van der Waals surface area contributed by atoms with Crippen LogP contribution in [-0.2, 0) is 0 Å². The van der Waals surface area contributed by atoms with Crippen molar-refractivity contribution in [1.29, 1.82) is 5.26 Å². The van der Waals surface area contributed by atoms with Crippen molar-refractivity contribution in [3.8, 4) is 6.07 Å². The third-order valence-electron chi connectivity index (χ3n) is 0.828. The maximum absolute atomic E-state index is 8.40. The van der Waals surface area contributed by atoms with Crippen LogP contribution in [0.25, 0.3) is 0 Å². The summed E-state index contributed by atoms with van der Waals surface area (Å²) in [5, 5.41) is 8.40. The van der Waals surface area contributed by atoms with E-state index < -0.39 is 0 Å². The summed E-state index contributed by atoms with van der Waals surface area (Å²) in [6.07, 6.45) is 0. The highest BCUT2D eigenvalue weighted by molar-refractivity contribution is 7.80. The molecule has 0 aliphatic carbocycles. The van der Waals surface area contributed by atoms with Gasteiger partial charge in [0.1, 0.15) is 16.8 Å². The molecule has 0 spiro atoms. The van der Waals surface area contributed by atoms with Crippen LogP contribution in [0.1, 0.15) is 11.4 Å². The predicted octanol–water partition coefficient (Wildman–Crippen LogP) is 0.0440. The zero-order valence-corrected chi connectivity index (χ0v) is 6.37. The first-order chi connectivity index (χ1) is 4.75. The van der Waals surface area contributed by atoms with Gasteiger partial charge in [0, 0.05) is 0 Å². The highest BCUT2D eigenvalue weighted by atomic mass is 32.1. The van der Waals surface area contributed by atoms with Crippen LogP contribution in [-0.4, -0.2) is 13.7 Å². The minimum Gasteiger partial charge on any atom is -0.388 e. The lowest BCUT2D eigenvalue weighted by Crippen LogP contribution is -2.11. The van der Waals surface area contributed by atoms with Crippen molar-refractivity contribution in [3.05, 3.63) is 11.4 Å². The molecular weight excluding hydrogens is 168 g/mol. The minimum atomic E-state index is 0.116. The van der Waals surface area contributed by atoms with Crippen LogP contribution in [0.15, 0.2) is 0 Å². The number of nitriles is 1. The van der Waals surface area contributed by atoms with E-state index in [0.717, 1.165) is 11.7 Å². The average molecular weight is 170 g/mol. The topological polar surface area (TPSA) is 75.6 Å². The molecule has 0 aliphatic heterocycles. The molecule has 50 valence electrons. The molecule has 0 amide bonds. The van der Waals surface area contributed by atoms with Gasteiger partial charge < -0.3 is 5.73 Å². The van der Waals surface area contributed by atoms with Crippen molar-refractivity contribution in [3.63, 3.8) is 0 Å². The van der Waals surface area contributed by atoms with Gasteiger partial charge >= 0.3 is 0 Å². The molecule has 0 saturated heterocycles. The smallest absolute Gasteiger partial charge is 0.184 e. The molecule has 0 aromatic carbocycles. The van der Waals surface area contributed by atoms with Crippen molar-refractivity contribution in [2.24, 2.45) is 5.73 Å². The molecule has 10 heavy (non-hydrogen) atoms. The first-order valence-electron chi connectivity index (χ1n) is 2.28. The van der Waals surface area contributed by atoms with E-state index >= 15 is 0 Å². The minimum absolute atomic E-state index is 0.116. The SMILES string of the molecule is N#Cc1nsnc1C(N)=S. The standard InChI is InChI=1S/C4H2N4S2/c5-1-2-3(4(6)9)8-10-7-2/h(H2,6,9). The van der Waals surface area contributed by atoms with Gasteiger partial charge in [0.15, 0.2) is 5.69 Å². The summed E-state index contributed by atoms with van der Waals surface area (Å²) in [6, 6.07) is 1.83. The second-order valence-corrected chi connectivity index (χ2v) is 2.41. The van der Waals surface area contributed by atoms with Crippen LogP contribution in [0.2, 0.25) is 0 Å². The molecule has 1 aromatic heterocycles. The Hall–Kier alpha value is -1.06. The van der Waals surface area contributed by atoms with Gasteiger partial charge in [-0.3, -0.25) is 0 Å². The third-order valence-corrected chi connectivity index (χ3v) is 1.55. The van der Waals surface area contributed by atoms with E-state index in [9.17, 15) is 0 Å². The van der Waals surface area contributed by atoms with E-state index in [2.05, 4.69) is 21.0 Å². The summed E-state index contributed by atoms with van der Waals surface area (Å²) < 4.78 is 7.39. The zero-order chi connectivity index (χ0) is 7.56. The normalized spacial score (nSPS) is 8.70. The van der Waals surface area contributed by atoms with Crippen molar-refractivity contribution in [1.82, 2.24) is 8.75 Å². The zero-order valence-electron chi connectivity index (χ0n) is 4.74. The molecule has 0 unspecified atom stereocenters. The molecule has 0 saturated carbocycles. The maximum atomic E-state index is 8.40. The summed E-state index contributed by atoms with van der Waals surface area (Å²) >= 11 is 5.53. The number of nitrogens with zero attached hydrogens (tertiary/aromatic N) is 3. The van der Waals surface area contributed by atoms with Crippen molar-refractivity contribution >= 4 is 28.9 Å². The molecule has 0 atom stereocenters. The Morgan fingerprint density at radius 2 is 2.40 bits per heavy atom.